The topological polar surface area (TPSA) is 94.3 Å². The maximum Gasteiger partial charge on any atom is 0.274 e. The average molecular weight is 410 g/mol. The number of H-pyrrole nitrogens is 2. The molecule has 1 aliphatic carbocycles. The highest BCUT2D eigenvalue weighted by atomic mass is 16.5. The van der Waals surface area contributed by atoms with Gasteiger partial charge in [0.2, 0.25) is 0 Å². The van der Waals surface area contributed by atoms with Crippen molar-refractivity contribution in [3.63, 3.8) is 0 Å². The Labute approximate surface area is 178 Å². The van der Waals surface area contributed by atoms with E-state index in [2.05, 4.69) is 15.2 Å². The van der Waals surface area contributed by atoms with Crippen molar-refractivity contribution in [3.8, 4) is 0 Å². The summed E-state index contributed by atoms with van der Waals surface area (Å²) in [4.78, 5) is 32.4. The molecule has 1 aliphatic heterocycles. The minimum Gasteiger partial charge on any atom is -0.382 e. The standard InChI is InChI=1S/C22H25N5O3/c1-26(22(8-9-22)13-30-2)21(29)19-15-12-27(10-7-17(15)24-25-19)20(28)18-11-14-5-3-4-6-16(14)23-18/h3-6,11,23H,7-10,12-13H2,1-2H3,(H,24,25)/i1D3. The van der Waals surface area contributed by atoms with Crippen molar-refractivity contribution in [2.24, 2.45) is 0 Å². The van der Waals surface area contributed by atoms with Crippen LogP contribution in [0.15, 0.2) is 30.3 Å². The summed E-state index contributed by atoms with van der Waals surface area (Å²) in [6.07, 6.45) is 1.61. The van der Waals surface area contributed by atoms with Gasteiger partial charge in [-0.15, -0.1) is 0 Å². The second kappa shape index (κ2) is 6.98. The Bertz CT molecular complexity index is 1190. The molecule has 1 saturated carbocycles. The van der Waals surface area contributed by atoms with Crippen molar-refractivity contribution in [1.82, 2.24) is 25.0 Å². The fourth-order valence-electron chi connectivity index (χ4n) is 4.17. The molecule has 3 heterocycles. The van der Waals surface area contributed by atoms with Gasteiger partial charge in [0.15, 0.2) is 5.69 Å². The van der Waals surface area contributed by atoms with Gasteiger partial charge in [-0.3, -0.25) is 14.7 Å². The number of fused-ring (bicyclic) bond motifs is 2. The molecule has 8 heteroatoms. The molecule has 0 bridgehead atoms. The third kappa shape index (κ3) is 2.99. The number of para-hydroxylation sites is 1. The van der Waals surface area contributed by atoms with E-state index in [9.17, 15) is 9.59 Å². The lowest BCUT2D eigenvalue weighted by Crippen LogP contribution is -2.43. The normalized spacial score (nSPS) is 19.0. The Hall–Kier alpha value is -3.13. The number of hydrogen-bond acceptors (Lipinski definition) is 4. The predicted molar refractivity (Wildman–Crippen MR) is 111 cm³/mol. The number of aromatic amines is 2. The van der Waals surface area contributed by atoms with Crippen LogP contribution in [-0.4, -0.2) is 69.6 Å². The number of nitrogens with one attached hydrogen (secondary N) is 2. The molecule has 8 nitrogen and oxygen atoms in total. The lowest BCUT2D eigenvalue weighted by Gasteiger charge is -2.29. The van der Waals surface area contributed by atoms with Gasteiger partial charge in [-0.05, 0) is 25.0 Å². The summed E-state index contributed by atoms with van der Waals surface area (Å²) in [5, 5.41) is 8.01. The maximum absolute atomic E-state index is 13.5. The van der Waals surface area contributed by atoms with Gasteiger partial charge in [0.1, 0.15) is 5.69 Å². The predicted octanol–water partition coefficient (Wildman–Crippen LogP) is 2.34. The van der Waals surface area contributed by atoms with E-state index >= 15 is 0 Å². The van der Waals surface area contributed by atoms with Gasteiger partial charge in [0.25, 0.3) is 11.8 Å². The largest absolute Gasteiger partial charge is 0.382 e. The van der Waals surface area contributed by atoms with E-state index in [1.54, 1.807) is 4.90 Å². The van der Waals surface area contributed by atoms with Gasteiger partial charge < -0.3 is 19.5 Å². The zero-order chi connectivity index (χ0) is 23.4. The van der Waals surface area contributed by atoms with Crippen LogP contribution in [0, 0.1) is 0 Å². The minimum atomic E-state index is -2.63. The summed E-state index contributed by atoms with van der Waals surface area (Å²) in [6.45, 7) is -1.85. The molecule has 156 valence electrons. The molecular formula is C22H25N5O3. The Balaban J connectivity index is 1.43. The average Bonchev–Trinajstić information content (AvgIpc) is 3.22. The Morgan fingerprint density at radius 1 is 1.37 bits per heavy atom. The molecular weight excluding hydrogens is 382 g/mol. The number of ether oxygens (including phenoxy) is 1. The smallest absolute Gasteiger partial charge is 0.274 e. The van der Waals surface area contributed by atoms with Gasteiger partial charge in [0, 0.05) is 53.3 Å². The van der Waals surface area contributed by atoms with Crippen LogP contribution in [-0.2, 0) is 17.7 Å². The summed E-state index contributed by atoms with van der Waals surface area (Å²) in [6, 6.07) is 9.46. The van der Waals surface area contributed by atoms with E-state index < -0.39 is 18.4 Å². The number of carbonyl (C=O) groups is 2. The molecule has 2 aromatic heterocycles. The molecule has 1 fully saturated rings. The number of amides is 2. The van der Waals surface area contributed by atoms with Gasteiger partial charge in [0.05, 0.1) is 18.7 Å². The molecule has 0 spiro atoms. The van der Waals surface area contributed by atoms with Crippen LogP contribution in [0.5, 0.6) is 0 Å². The van der Waals surface area contributed by atoms with E-state index in [0.29, 0.717) is 37.1 Å². The highest BCUT2D eigenvalue weighted by Crippen LogP contribution is 2.42. The first-order valence-corrected chi connectivity index (χ1v) is 10.0. The zero-order valence-corrected chi connectivity index (χ0v) is 16.7. The zero-order valence-electron chi connectivity index (χ0n) is 19.7. The van der Waals surface area contributed by atoms with Crippen molar-refractivity contribution >= 4 is 22.7 Å². The first-order chi connectivity index (χ1) is 15.7. The Morgan fingerprint density at radius 2 is 2.20 bits per heavy atom. The monoisotopic (exact) mass is 410 g/mol. The Morgan fingerprint density at radius 3 is 2.93 bits per heavy atom. The molecule has 1 aromatic carbocycles. The van der Waals surface area contributed by atoms with Crippen LogP contribution >= 0.6 is 0 Å². The lowest BCUT2D eigenvalue weighted by atomic mass is 10.0. The third-order valence-corrected chi connectivity index (χ3v) is 6.10. The lowest BCUT2D eigenvalue weighted by molar-refractivity contribution is 0.0541. The molecule has 2 amide bonds. The Kier molecular flexibility index (Phi) is 3.65. The van der Waals surface area contributed by atoms with E-state index in [0.717, 1.165) is 21.5 Å². The van der Waals surface area contributed by atoms with Crippen molar-refractivity contribution in [2.45, 2.75) is 31.3 Å². The first kappa shape index (κ1) is 15.7. The molecule has 0 atom stereocenters. The first-order valence-electron chi connectivity index (χ1n) is 11.5. The van der Waals surface area contributed by atoms with Crippen molar-refractivity contribution in [2.75, 3.05) is 27.2 Å². The van der Waals surface area contributed by atoms with Crippen LogP contribution in [0.4, 0.5) is 0 Å². The number of nitrogens with zero attached hydrogens (tertiary/aromatic N) is 3. The molecule has 0 unspecified atom stereocenters. The van der Waals surface area contributed by atoms with Crippen LogP contribution in [0.3, 0.4) is 0 Å². The number of aromatic nitrogens is 3. The van der Waals surface area contributed by atoms with Gasteiger partial charge in [-0.1, -0.05) is 18.2 Å². The van der Waals surface area contributed by atoms with Crippen LogP contribution in [0.1, 0.15) is 49.2 Å². The van der Waals surface area contributed by atoms with Gasteiger partial charge in [-0.2, -0.15) is 5.10 Å². The number of methoxy groups -OCH3 is 1. The quantitative estimate of drug-likeness (QED) is 0.675. The second-order valence-corrected chi connectivity index (χ2v) is 8.07. The van der Waals surface area contributed by atoms with Crippen molar-refractivity contribution < 1.29 is 18.4 Å². The molecule has 0 saturated heterocycles. The minimum absolute atomic E-state index is 0.0534. The number of carbonyl (C=O) groups excluding carboxylic acids is 2. The fourth-order valence-corrected chi connectivity index (χ4v) is 4.17. The molecule has 5 rings (SSSR count). The highest BCUT2D eigenvalue weighted by molar-refractivity contribution is 5.99. The second-order valence-electron chi connectivity index (χ2n) is 8.07. The SMILES string of the molecule is [2H]C([2H])([2H])N(C(=O)c1n[nH]c2c1CN(C(=O)c1cc3ccccc3[nH]1)CC2)C1(COC)CC1. The van der Waals surface area contributed by atoms with E-state index in [1.165, 1.54) is 7.11 Å². The highest BCUT2D eigenvalue weighted by Gasteiger charge is 2.49. The molecule has 30 heavy (non-hydrogen) atoms. The van der Waals surface area contributed by atoms with Crippen LogP contribution in [0.2, 0.25) is 0 Å². The van der Waals surface area contributed by atoms with E-state index in [-0.39, 0.29) is 24.8 Å². The third-order valence-electron chi connectivity index (χ3n) is 6.10. The molecule has 3 aromatic rings. The van der Waals surface area contributed by atoms with Gasteiger partial charge >= 0.3 is 0 Å². The van der Waals surface area contributed by atoms with Crippen LogP contribution < -0.4 is 0 Å². The molecule has 0 radical (unpaired) electrons. The summed E-state index contributed by atoms with van der Waals surface area (Å²) in [5.41, 5.74) is 1.87. The van der Waals surface area contributed by atoms with Crippen LogP contribution in [0.25, 0.3) is 10.9 Å². The summed E-state index contributed by atoms with van der Waals surface area (Å²) in [5.74, 6) is -0.843. The summed E-state index contributed by atoms with van der Waals surface area (Å²) in [7, 11) is 1.49. The molecule has 2 aliphatic rings. The molecule has 2 N–H and O–H groups in total. The van der Waals surface area contributed by atoms with Crippen molar-refractivity contribution in [1.29, 1.82) is 0 Å². The number of hydrogen-bond donors (Lipinski definition) is 2. The van der Waals surface area contributed by atoms with Crippen molar-refractivity contribution in [3.05, 3.63) is 53.0 Å². The van der Waals surface area contributed by atoms with E-state index in [4.69, 9.17) is 8.85 Å². The number of likely N-dealkylation sites (N-methyl/N-ethyl adjacent to an activating group) is 1. The number of benzene rings is 1. The maximum atomic E-state index is 13.5. The fraction of sp³-hybridized carbons (Fsp3) is 0.409. The summed E-state index contributed by atoms with van der Waals surface area (Å²) < 4.78 is 29.2. The van der Waals surface area contributed by atoms with E-state index in [1.807, 2.05) is 30.3 Å². The summed E-state index contributed by atoms with van der Waals surface area (Å²) >= 11 is 0. The van der Waals surface area contributed by atoms with Gasteiger partial charge in [-0.25, -0.2) is 0 Å². The number of rotatable bonds is 5.